The number of rotatable bonds is 7. The second-order valence-corrected chi connectivity index (χ2v) is 5.17. The van der Waals surface area contributed by atoms with Crippen LogP contribution in [0.1, 0.15) is 13.8 Å². The van der Waals surface area contributed by atoms with Crippen LogP contribution in [0.4, 0.5) is 11.4 Å². The molecule has 0 unspecified atom stereocenters. The van der Waals surface area contributed by atoms with Crippen molar-refractivity contribution in [2.45, 2.75) is 13.8 Å². The van der Waals surface area contributed by atoms with Crippen molar-refractivity contribution in [3.05, 3.63) is 24.3 Å². The highest BCUT2D eigenvalue weighted by Crippen LogP contribution is 2.16. The van der Waals surface area contributed by atoms with Gasteiger partial charge in [0.05, 0.1) is 24.5 Å². The fraction of sp³-hybridized carbons (Fsp3) is 0.429. The van der Waals surface area contributed by atoms with Gasteiger partial charge in [-0.2, -0.15) is 0 Å². The summed E-state index contributed by atoms with van der Waals surface area (Å²) in [7, 11) is 0. The van der Waals surface area contributed by atoms with Gasteiger partial charge in [-0.3, -0.25) is 14.5 Å². The van der Waals surface area contributed by atoms with E-state index in [4.69, 9.17) is 11.5 Å². The fourth-order valence-corrected chi connectivity index (χ4v) is 1.93. The van der Waals surface area contributed by atoms with E-state index >= 15 is 0 Å². The van der Waals surface area contributed by atoms with Crippen LogP contribution in [-0.2, 0) is 9.59 Å². The zero-order valence-electron chi connectivity index (χ0n) is 11.9. The number of benzene rings is 1. The molecule has 0 heterocycles. The van der Waals surface area contributed by atoms with Gasteiger partial charge in [0.2, 0.25) is 11.8 Å². The summed E-state index contributed by atoms with van der Waals surface area (Å²) in [5, 5.41) is 2.73. The van der Waals surface area contributed by atoms with Gasteiger partial charge < -0.3 is 16.8 Å². The van der Waals surface area contributed by atoms with Crippen molar-refractivity contribution in [1.82, 2.24) is 4.90 Å². The van der Waals surface area contributed by atoms with E-state index < -0.39 is 5.91 Å². The maximum atomic E-state index is 12.0. The Morgan fingerprint density at radius 1 is 1.25 bits per heavy atom. The van der Waals surface area contributed by atoms with Crippen molar-refractivity contribution in [2.75, 3.05) is 30.7 Å². The summed E-state index contributed by atoms with van der Waals surface area (Å²) in [5.74, 6) is -0.327. The molecule has 0 radical (unpaired) electrons. The molecule has 0 aromatic heterocycles. The van der Waals surface area contributed by atoms with Gasteiger partial charge in [0.1, 0.15) is 0 Å². The monoisotopic (exact) mass is 278 g/mol. The van der Waals surface area contributed by atoms with Crippen LogP contribution in [0, 0.1) is 5.92 Å². The number of hydrogen-bond donors (Lipinski definition) is 3. The molecule has 6 nitrogen and oxygen atoms in total. The number of primary amides is 1. The van der Waals surface area contributed by atoms with E-state index in [0.717, 1.165) is 0 Å². The Bertz CT molecular complexity index is 474. The lowest BCUT2D eigenvalue weighted by molar-refractivity contribution is -0.121. The van der Waals surface area contributed by atoms with Crippen molar-refractivity contribution in [3.8, 4) is 0 Å². The number of nitrogens with one attached hydrogen (secondary N) is 1. The SMILES string of the molecule is CC(C)CN(CC(N)=O)CC(=O)Nc1ccccc1N. The summed E-state index contributed by atoms with van der Waals surface area (Å²) < 4.78 is 0. The number of anilines is 2. The molecule has 20 heavy (non-hydrogen) atoms. The van der Waals surface area contributed by atoms with Crippen molar-refractivity contribution >= 4 is 23.2 Å². The molecule has 110 valence electrons. The molecule has 0 aliphatic heterocycles. The standard InChI is InChI=1S/C14H22N4O2/c1-10(2)7-18(8-13(16)19)9-14(20)17-12-6-4-3-5-11(12)15/h3-6,10H,7-9,15H2,1-2H3,(H2,16,19)(H,17,20). The lowest BCUT2D eigenvalue weighted by Gasteiger charge is -2.22. The van der Waals surface area contributed by atoms with Crippen molar-refractivity contribution in [1.29, 1.82) is 0 Å². The van der Waals surface area contributed by atoms with Crippen molar-refractivity contribution < 1.29 is 9.59 Å². The summed E-state index contributed by atoms with van der Waals surface area (Å²) in [6, 6.07) is 7.03. The average Bonchev–Trinajstić information content (AvgIpc) is 2.30. The summed E-state index contributed by atoms with van der Waals surface area (Å²) >= 11 is 0. The van der Waals surface area contributed by atoms with Crippen LogP contribution in [0.3, 0.4) is 0 Å². The maximum Gasteiger partial charge on any atom is 0.238 e. The smallest absolute Gasteiger partial charge is 0.238 e. The number of nitrogens with zero attached hydrogens (tertiary/aromatic N) is 1. The highest BCUT2D eigenvalue weighted by atomic mass is 16.2. The average molecular weight is 278 g/mol. The molecule has 1 aromatic rings. The lowest BCUT2D eigenvalue weighted by Crippen LogP contribution is -2.41. The largest absolute Gasteiger partial charge is 0.397 e. The maximum absolute atomic E-state index is 12.0. The zero-order chi connectivity index (χ0) is 15.1. The summed E-state index contributed by atoms with van der Waals surface area (Å²) in [6.07, 6.45) is 0. The van der Waals surface area contributed by atoms with Crippen molar-refractivity contribution in [2.24, 2.45) is 11.7 Å². The second-order valence-electron chi connectivity index (χ2n) is 5.17. The Kier molecular flexibility index (Phi) is 5.99. The van der Waals surface area contributed by atoms with E-state index in [1.807, 2.05) is 13.8 Å². The third-order valence-corrected chi connectivity index (χ3v) is 2.60. The Labute approximate surface area is 119 Å². The van der Waals surface area contributed by atoms with Crippen molar-refractivity contribution in [3.63, 3.8) is 0 Å². The van der Waals surface area contributed by atoms with E-state index in [1.54, 1.807) is 29.2 Å². The number of carbonyl (C=O) groups excluding carboxylic acids is 2. The molecule has 0 atom stereocenters. The molecule has 0 spiro atoms. The first-order valence-corrected chi connectivity index (χ1v) is 6.53. The van der Waals surface area contributed by atoms with Gasteiger partial charge >= 0.3 is 0 Å². The summed E-state index contributed by atoms with van der Waals surface area (Å²) in [5.41, 5.74) is 12.0. The molecule has 2 amide bonds. The van der Waals surface area contributed by atoms with Crippen LogP contribution in [0.15, 0.2) is 24.3 Å². The first kappa shape index (κ1) is 16.0. The number of hydrogen-bond acceptors (Lipinski definition) is 4. The van der Waals surface area contributed by atoms with Gasteiger partial charge in [0, 0.05) is 6.54 Å². The van der Waals surface area contributed by atoms with E-state index in [-0.39, 0.29) is 19.0 Å². The summed E-state index contributed by atoms with van der Waals surface area (Å²) in [6.45, 7) is 4.83. The molecule has 6 heteroatoms. The number of nitrogens with two attached hydrogens (primary N) is 2. The third kappa shape index (κ3) is 5.71. The van der Waals surface area contributed by atoms with Gasteiger partial charge in [0.25, 0.3) is 0 Å². The van der Waals surface area contributed by atoms with Gasteiger partial charge in [0.15, 0.2) is 0 Å². The minimum Gasteiger partial charge on any atom is -0.397 e. The van der Waals surface area contributed by atoms with Gasteiger partial charge in [-0.1, -0.05) is 26.0 Å². The van der Waals surface area contributed by atoms with Crippen LogP contribution in [-0.4, -0.2) is 36.3 Å². The molecular formula is C14H22N4O2. The molecule has 0 saturated carbocycles. The van der Waals surface area contributed by atoms with E-state index in [9.17, 15) is 9.59 Å². The topological polar surface area (TPSA) is 101 Å². The first-order valence-electron chi connectivity index (χ1n) is 6.53. The number of para-hydroxylation sites is 2. The van der Waals surface area contributed by atoms with E-state index in [0.29, 0.717) is 23.8 Å². The predicted octanol–water partition coefficient (Wildman–Crippen LogP) is 0.651. The third-order valence-electron chi connectivity index (χ3n) is 2.60. The zero-order valence-corrected chi connectivity index (χ0v) is 11.9. The quantitative estimate of drug-likeness (QED) is 0.637. The summed E-state index contributed by atoms with van der Waals surface area (Å²) in [4.78, 5) is 24.7. The Hall–Kier alpha value is -2.08. The van der Waals surface area contributed by atoms with E-state index in [2.05, 4.69) is 5.32 Å². The number of carbonyl (C=O) groups is 2. The van der Waals surface area contributed by atoms with Gasteiger partial charge in [-0.05, 0) is 18.1 Å². The molecule has 0 saturated heterocycles. The van der Waals surface area contributed by atoms with Gasteiger partial charge in [-0.15, -0.1) is 0 Å². The first-order chi connectivity index (χ1) is 9.38. The number of amides is 2. The highest BCUT2D eigenvalue weighted by molar-refractivity contribution is 5.95. The van der Waals surface area contributed by atoms with Crippen LogP contribution in [0.25, 0.3) is 0 Å². The lowest BCUT2D eigenvalue weighted by atomic mass is 10.2. The highest BCUT2D eigenvalue weighted by Gasteiger charge is 2.15. The molecule has 0 fully saturated rings. The molecule has 0 aliphatic rings. The van der Waals surface area contributed by atoms with Crippen LogP contribution < -0.4 is 16.8 Å². The van der Waals surface area contributed by atoms with Crippen LogP contribution in [0.5, 0.6) is 0 Å². The molecular weight excluding hydrogens is 256 g/mol. The number of nitrogen functional groups attached to an aromatic ring is 1. The Balaban J connectivity index is 2.61. The molecule has 1 rings (SSSR count). The second kappa shape index (κ2) is 7.49. The Morgan fingerprint density at radius 3 is 2.45 bits per heavy atom. The molecule has 0 aliphatic carbocycles. The normalized spacial score (nSPS) is 10.8. The van der Waals surface area contributed by atoms with E-state index in [1.165, 1.54) is 0 Å². The van der Waals surface area contributed by atoms with Crippen LogP contribution in [0.2, 0.25) is 0 Å². The Morgan fingerprint density at radius 2 is 1.90 bits per heavy atom. The van der Waals surface area contributed by atoms with Crippen LogP contribution >= 0.6 is 0 Å². The predicted molar refractivity (Wildman–Crippen MR) is 80.0 cm³/mol. The van der Waals surface area contributed by atoms with Gasteiger partial charge in [-0.25, -0.2) is 0 Å². The molecule has 5 N–H and O–H groups in total. The minimum atomic E-state index is -0.447. The fourth-order valence-electron chi connectivity index (χ4n) is 1.93. The molecule has 0 bridgehead atoms. The minimum absolute atomic E-state index is 0.0653. The molecule has 1 aromatic carbocycles.